The Morgan fingerprint density at radius 3 is 2.67 bits per heavy atom. The summed E-state index contributed by atoms with van der Waals surface area (Å²) in [5.74, 6) is -1.89. The SMILES string of the molecule is CCOC(=O)Nc1cn(CC(=O)NCc2c(F)cccc2F)nn1. The second-order valence-corrected chi connectivity index (χ2v) is 4.62. The Morgan fingerprint density at radius 2 is 2.00 bits per heavy atom. The average Bonchev–Trinajstić information content (AvgIpc) is 2.93. The van der Waals surface area contributed by atoms with Crippen molar-refractivity contribution >= 4 is 17.8 Å². The first kappa shape index (κ1) is 17.3. The number of ether oxygens (including phenoxy) is 1. The molecule has 0 aliphatic heterocycles. The smallest absolute Gasteiger partial charge is 0.412 e. The minimum absolute atomic E-state index is 0.112. The van der Waals surface area contributed by atoms with Crippen molar-refractivity contribution in [3.05, 3.63) is 41.6 Å². The van der Waals surface area contributed by atoms with Gasteiger partial charge in [-0.25, -0.2) is 18.3 Å². The van der Waals surface area contributed by atoms with Gasteiger partial charge in [0.1, 0.15) is 18.2 Å². The van der Waals surface area contributed by atoms with Crippen molar-refractivity contribution in [1.82, 2.24) is 20.3 Å². The molecule has 0 bridgehead atoms. The monoisotopic (exact) mass is 339 g/mol. The Labute approximate surface area is 135 Å². The van der Waals surface area contributed by atoms with Crippen LogP contribution in [0.5, 0.6) is 0 Å². The highest BCUT2D eigenvalue weighted by atomic mass is 19.1. The average molecular weight is 339 g/mol. The Morgan fingerprint density at radius 1 is 1.29 bits per heavy atom. The van der Waals surface area contributed by atoms with E-state index < -0.39 is 23.6 Å². The minimum Gasteiger partial charge on any atom is -0.450 e. The number of halogens is 2. The molecule has 1 heterocycles. The van der Waals surface area contributed by atoms with Crippen LogP contribution in [0.25, 0.3) is 0 Å². The molecular formula is C14H15F2N5O3. The fourth-order valence-electron chi connectivity index (χ4n) is 1.80. The molecule has 0 fully saturated rings. The Balaban J connectivity index is 1.87. The van der Waals surface area contributed by atoms with E-state index >= 15 is 0 Å². The third kappa shape index (κ3) is 4.73. The molecule has 128 valence electrons. The van der Waals surface area contributed by atoms with Crippen LogP contribution in [0.15, 0.2) is 24.4 Å². The molecule has 0 unspecified atom stereocenters. The third-order valence-electron chi connectivity index (χ3n) is 2.87. The lowest BCUT2D eigenvalue weighted by atomic mass is 10.2. The van der Waals surface area contributed by atoms with Gasteiger partial charge in [0.25, 0.3) is 0 Å². The second-order valence-electron chi connectivity index (χ2n) is 4.62. The van der Waals surface area contributed by atoms with Crippen LogP contribution in [-0.4, -0.2) is 33.6 Å². The molecule has 2 amide bonds. The molecule has 2 aromatic rings. The molecule has 0 aliphatic carbocycles. The van der Waals surface area contributed by atoms with Gasteiger partial charge in [-0.1, -0.05) is 11.3 Å². The summed E-state index contributed by atoms with van der Waals surface area (Å²) in [5, 5.41) is 12.0. The number of carbonyl (C=O) groups is 2. The molecular weight excluding hydrogens is 324 g/mol. The zero-order valence-corrected chi connectivity index (χ0v) is 12.8. The van der Waals surface area contributed by atoms with Crippen LogP contribution in [0.1, 0.15) is 12.5 Å². The second kappa shape index (κ2) is 7.99. The lowest BCUT2D eigenvalue weighted by Gasteiger charge is -2.07. The van der Waals surface area contributed by atoms with Crippen LogP contribution in [0.2, 0.25) is 0 Å². The highest BCUT2D eigenvalue weighted by molar-refractivity contribution is 5.83. The molecule has 0 aliphatic rings. The number of nitrogens with zero attached hydrogens (tertiary/aromatic N) is 3. The number of nitrogens with one attached hydrogen (secondary N) is 2. The first-order valence-electron chi connectivity index (χ1n) is 7.03. The summed E-state index contributed by atoms with van der Waals surface area (Å²) < 4.78 is 32.7. The Kier molecular flexibility index (Phi) is 5.77. The van der Waals surface area contributed by atoms with Crippen molar-refractivity contribution in [2.45, 2.75) is 20.0 Å². The lowest BCUT2D eigenvalue weighted by Crippen LogP contribution is -2.28. The van der Waals surface area contributed by atoms with E-state index in [9.17, 15) is 18.4 Å². The molecule has 0 saturated heterocycles. The van der Waals surface area contributed by atoms with Crippen molar-refractivity contribution in [2.24, 2.45) is 0 Å². The molecule has 8 nitrogen and oxygen atoms in total. The molecule has 2 rings (SSSR count). The van der Waals surface area contributed by atoms with Gasteiger partial charge >= 0.3 is 6.09 Å². The number of benzene rings is 1. The van der Waals surface area contributed by atoms with Gasteiger partial charge in [0.2, 0.25) is 5.91 Å². The highest BCUT2D eigenvalue weighted by Crippen LogP contribution is 2.11. The first-order valence-corrected chi connectivity index (χ1v) is 7.03. The largest absolute Gasteiger partial charge is 0.450 e. The molecule has 0 radical (unpaired) electrons. The summed E-state index contributed by atoms with van der Waals surface area (Å²) in [6, 6.07) is 3.45. The van der Waals surface area contributed by atoms with Crippen molar-refractivity contribution < 1.29 is 23.1 Å². The number of anilines is 1. The van der Waals surface area contributed by atoms with E-state index in [1.807, 2.05) is 0 Å². The maximum atomic E-state index is 13.4. The summed E-state index contributed by atoms with van der Waals surface area (Å²) >= 11 is 0. The molecule has 1 aromatic heterocycles. The number of amides is 2. The number of hydrogen-bond donors (Lipinski definition) is 2. The van der Waals surface area contributed by atoms with Gasteiger partial charge < -0.3 is 10.1 Å². The van der Waals surface area contributed by atoms with Gasteiger partial charge in [-0.2, -0.15) is 0 Å². The predicted octanol–water partition coefficient (Wildman–Crippen LogP) is 1.44. The fraction of sp³-hybridized carbons (Fsp3) is 0.286. The summed E-state index contributed by atoms with van der Waals surface area (Å²) in [5.41, 5.74) is -0.228. The topological polar surface area (TPSA) is 98.1 Å². The number of hydrogen-bond acceptors (Lipinski definition) is 5. The van der Waals surface area contributed by atoms with E-state index in [1.54, 1.807) is 6.92 Å². The van der Waals surface area contributed by atoms with Crippen LogP contribution in [0.3, 0.4) is 0 Å². The molecule has 0 atom stereocenters. The number of aromatic nitrogens is 3. The van der Waals surface area contributed by atoms with Crippen molar-refractivity contribution in [1.29, 1.82) is 0 Å². The third-order valence-corrected chi connectivity index (χ3v) is 2.87. The van der Waals surface area contributed by atoms with E-state index in [4.69, 9.17) is 0 Å². The van der Waals surface area contributed by atoms with E-state index in [-0.39, 0.29) is 31.1 Å². The van der Waals surface area contributed by atoms with Crippen LogP contribution in [-0.2, 0) is 22.6 Å². The summed E-state index contributed by atoms with van der Waals surface area (Å²) in [4.78, 5) is 23.0. The van der Waals surface area contributed by atoms with E-state index in [0.717, 1.165) is 16.8 Å². The Bertz CT molecular complexity index is 715. The van der Waals surface area contributed by atoms with Gasteiger partial charge in [-0.05, 0) is 19.1 Å². The van der Waals surface area contributed by atoms with E-state index in [1.165, 1.54) is 12.3 Å². The molecule has 2 N–H and O–H groups in total. The minimum atomic E-state index is -0.739. The van der Waals surface area contributed by atoms with Gasteiger partial charge in [-0.15, -0.1) is 5.10 Å². The van der Waals surface area contributed by atoms with E-state index in [2.05, 4.69) is 25.7 Å². The van der Waals surface area contributed by atoms with Crippen molar-refractivity contribution in [3.63, 3.8) is 0 Å². The fourth-order valence-corrected chi connectivity index (χ4v) is 1.80. The summed E-state index contributed by atoms with van der Waals surface area (Å²) in [6.07, 6.45) is 0.629. The quantitative estimate of drug-likeness (QED) is 0.830. The standard InChI is InChI=1S/C14H15F2N5O3/c1-2-24-14(23)18-12-7-21(20-19-12)8-13(22)17-6-9-10(15)4-3-5-11(9)16/h3-5,7H,2,6,8H2,1H3,(H,17,22)(H,18,23). The zero-order valence-electron chi connectivity index (χ0n) is 12.8. The maximum Gasteiger partial charge on any atom is 0.412 e. The van der Waals surface area contributed by atoms with Crippen LogP contribution >= 0.6 is 0 Å². The van der Waals surface area contributed by atoms with Crippen LogP contribution in [0.4, 0.5) is 19.4 Å². The van der Waals surface area contributed by atoms with Crippen LogP contribution in [0, 0.1) is 11.6 Å². The normalized spacial score (nSPS) is 10.3. The van der Waals surface area contributed by atoms with Gasteiger partial charge in [0, 0.05) is 12.1 Å². The zero-order chi connectivity index (χ0) is 17.5. The highest BCUT2D eigenvalue weighted by Gasteiger charge is 2.12. The number of rotatable bonds is 6. The molecule has 0 saturated carbocycles. The van der Waals surface area contributed by atoms with Crippen molar-refractivity contribution in [3.8, 4) is 0 Å². The molecule has 10 heteroatoms. The lowest BCUT2D eigenvalue weighted by molar-refractivity contribution is -0.122. The molecule has 0 spiro atoms. The van der Waals surface area contributed by atoms with Crippen molar-refractivity contribution in [2.75, 3.05) is 11.9 Å². The summed E-state index contributed by atoms with van der Waals surface area (Å²) in [6.45, 7) is 1.34. The predicted molar refractivity (Wildman–Crippen MR) is 78.9 cm³/mol. The van der Waals surface area contributed by atoms with Gasteiger partial charge in [0.05, 0.1) is 12.8 Å². The van der Waals surface area contributed by atoms with Gasteiger partial charge in [0.15, 0.2) is 5.82 Å². The van der Waals surface area contributed by atoms with E-state index in [0.29, 0.717) is 0 Å². The van der Waals surface area contributed by atoms with Gasteiger partial charge in [-0.3, -0.25) is 10.1 Å². The summed E-state index contributed by atoms with van der Waals surface area (Å²) in [7, 11) is 0. The maximum absolute atomic E-state index is 13.4. The first-order chi connectivity index (χ1) is 11.5. The Hall–Kier alpha value is -3.04. The van der Waals surface area contributed by atoms with Crippen LogP contribution < -0.4 is 10.6 Å². The molecule has 1 aromatic carbocycles. The molecule has 24 heavy (non-hydrogen) atoms. The number of carbonyl (C=O) groups excluding carboxylic acids is 2.